The summed E-state index contributed by atoms with van der Waals surface area (Å²) >= 11 is 5.55. The molecular formula is C22H28N2O2S. The number of thiocarbonyl (C=S) groups is 1. The standard InChI is InChI=1S/C22H28N2O2S/c1-6-26-21(25)17-11-12-19(16(5)13-17)23-22(27)24-20(14(2)3)18-10-8-7-9-15(18)4/h7-14,20H,6H2,1-5H3,(H2,23,24,27)/t20-/m1/s1. The summed E-state index contributed by atoms with van der Waals surface area (Å²) in [7, 11) is 0. The van der Waals surface area contributed by atoms with Crippen LogP contribution in [0.1, 0.15) is 53.9 Å². The van der Waals surface area contributed by atoms with Crippen LogP contribution in [-0.2, 0) is 4.74 Å². The number of esters is 1. The third kappa shape index (κ3) is 5.54. The molecule has 4 nitrogen and oxygen atoms in total. The van der Waals surface area contributed by atoms with Gasteiger partial charge in [-0.05, 0) is 73.8 Å². The number of rotatable bonds is 6. The Balaban J connectivity index is 2.12. The van der Waals surface area contributed by atoms with Crippen molar-refractivity contribution in [3.63, 3.8) is 0 Å². The summed E-state index contributed by atoms with van der Waals surface area (Å²) < 4.78 is 5.05. The lowest BCUT2D eigenvalue weighted by Crippen LogP contribution is -2.35. The van der Waals surface area contributed by atoms with E-state index in [0.29, 0.717) is 23.2 Å². The average Bonchev–Trinajstić information content (AvgIpc) is 2.62. The van der Waals surface area contributed by atoms with Gasteiger partial charge < -0.3 is 15.4 Å². The molecule has 0 amide bonds. The first-order valence-electron chi connectivity index (χ1n) is 9.24. The Hall–Kier alpha value is -2.40. The fraction of sp³-hybridized carbons (Fsp3) is 0.364. The molecule has 0 saturated carbocycles. The predicted octanol–water partition coefficient (Wildman–Crippen LogP) is 5.16. The van der Waals surface area contributed by atoms with Gasteiger partial charge in [0.2, 0.25) is 0 Å². The maximum Gasteiger partial charge on any atom is 0.338 e. The van der Waals surface area contributed by atoms with Crippen LogP contribution in [0, 0.1) is 19.8 Å². The van der Waals surface area contributed by atoms with E-state index >= 15 is 0 Å². The molecule has 0 radical (unpaired) electrons. The monoisotopic (exact) mass is 384 g/mol. The largest absolute Gasteiger partial charge is 0.462 e. The summed E-state index contributed by atoms with van der Waals surface area (Å²) in [5.41, 5.74) is 4.82. The molecule has 2 rings (SSSR count). The van der Waals surface area contributed by atoms with E-state index in [1.807, 2.05) is 31.2 Å². The number of carbonyl (C=O) groups excluding carboxylic acids is 1. The molecule has 0 spiro atoms. The van der Waals surface area contributed by atoms with Crippen molar-refractivity contribution < 1.29 is 9.53 Å². The molecule has 0 unspecified atom stereocenters. The minimum Gasteiger partial charge on any atom is -0.462 e. The highest BCUT2D eigenvalue weighted by Crippen LogP contribution is 2.25. The molecule has 27 heavy (non-hydrogen) atoms. The molecule has 0 bridgehead atoms. The van der Waals surface area contributed by atoms with Crippen molar-refractivity contribution in [2.24, 2.45) is 5.92 Å². The lowest BCUT2D eigenvalue weighted by Gasteiger charge is -2.26. The van der Waals surface area contributed by atoms with Gasteiger partial charge in [-0.1, -0.05) is 38.1 Å². The molecule has 0 aliphatic heterocycles. The van der Waals surface area contributed by atoms with E-state index in [9.17, 15) is 4.79 Å². The Morgan fingerprint density at radius 1 is 1.11 bits per heavy atom. The number of benzene rings is 2. The number of nitrogens with one attached hydrogen (secondary N) is 2. The molecule has 0 aliphatic rings. The number of aryl methyl sites for hydroxylation is 2. The first kappa shape index (κ1) is 20.9. The Kier molecular flexibility index (Phi) is 7.36. The summed E-state index contributed by atoms with van der Waals surface area (Å²) in [5, 5.41) is 7.25. The summed E-state index contributed by atoms with van der Waals surface area (Å²) in [4.78, 5) is 11.9. The van der Waals surface area contributed by atoms with Crippen molar-refractivity contribution in [2.75, 3.05) is 11.9 Å². The highest BCUT2D eigenvalue weighted by atomic mass is 32.1. The molecule has 2 N–H and O–H groups in total. The number of hydrogen-bond acceptors (Lipinski definition) is 3. The van der Waals surface area contributed by atoms with E-state index in [-0.39, 0.29) is 12.0 Å². The molecule has 0 fully saturated rings. The van der Waals surface area contributed by atoms with Gasteiger partial charge in [0, 0.05) is 5.69 Å². The second-order valence-electron chi connectivity index (χ2n) is 6.93. The van der Waals surface area contributed by atoms with Gasteiger partial charge in [0.15, 0.2) is 5.11 Å². The van der Waals surface area contributed by atoms with Crippen LogP contribution >= 0.6 is 12.2 Å². The van der Waals surface area contributed by atoms with Gasteiger partial charge in [-0.3, -0.25) is 0 Å². The molecule has 0 saturated heterocycles. The van der Waals surface area contributed by atoms with Crippen molar-refractivity contribution in [2.45, 2.75) is 40.7 Å². The molecule has 0 aliphatic carbocycles. The third-order valence-electron chi connectivity index (χ3n) is 4.46. The Morgan fingerprint density at radius 3 is 2.41 bits per heavy atom. The number of anilines is 1. The van der Waals surface area contributed by atoms with Crippen LogP contribution in [0.2, 0.25) is 0 Å². The summed E-state index contributed by atoms with van der Waals surface area (Å²) in [6.07, 6.45) is 0. The maximum absolute atomic E-state index is 11.9. The molecule has 2 aromatic carbocycles. The van der Waals surface area contributed by atoms with Crippen LogP contribution in [0.5, 0.6) is 0 Å². The van der Waals surface area contributed by atoms with E-state index in [1.54, 1.807) is 13.0 Å². The molecule has 5 heteroatoms. The lowest BCUT2D eigenvalue weighted by molar-refractivity contribution is 0.0526. The quantitative estimate of drug-likeness (QED) is 0.532. The van der Waals surface area contributed by atoms with Crippen LogP contribution in [0.15, 0.2) is 42.5 Å². The second-order valence-corrected chi connectivity index (χ2v) is 7.34. The van der Waals surface area contributed by atoms with Gasteiger partial charge in [-0.2, -0.15) is 0 Å². The zero-order valence-electron chi connectivity index (χ0n) is 16.6. The van der Waals surface area contributed by atoms with Crippen LogP contribution < -0.4 is 10.6 Å². The van der Waals surface area contributed by atoms with Gasteiger partial charge in [0.25, 0.3) is 0 Å². The highest BCUT2D eigenvalue weighted by molar-refractivity contribution is 7.80. The Bertz CT molecular complexity index is 818. The minimum atomic E-state index is -0.313. The van der Waals surface area contributed by atoms with Gasteiger partial charge in [-0.15, -0.1) is 0 Å². The maximum atomic E-state index is 11.9. The Morgan fingerprint density at radius 2 is 1.81 bits per heavy atom. The zero-order valence-corrected chi connectivity index (χ0v) is 17.4. The zero-order chi connectivity index (χ0) is 20.0. The van der Waals surface area contributed by atoms with Crippen LogP contribution in [0.3, 0.4) is 0 Å². The van der Waals surface area contributed by atoms with Crippen LogP contribution in [0.25, 0.3) is 0 Å². The fourth-order valence-electron chi connectivity index (χ4n) is 2.98. The summed E-state index contributed by atoms with van der Waals surface area (Å²) in [5.74, 6) is 0.0606. The average molecular weight is 385 g/mol. The van der Waals surface area contributed by atoms with E-state index in [4.69, 9.17) is 17.0 Å². The first-order chi connectivity index (χ1) is 12.8. The molecule has 2 aromatic rings. The van der Waals surface area contributed by atoms with Gasteiger partial charge in [-0.25, -0.2) is 4.79 Å². The van der Waals surface area contributed by atoms with Crippen molar-refractivity contribution in [1.29, 1.82) is 0 Å². The predicted molar refractivity (Wildman–Crippen MR) is 115 cm³/mol. The van der Waals surface area contributed by atoms with Gasteiger partial charge in [0.1, 0.15) is 0 Å². The molecule has 0 heterocycles. The summed E-state index contributed by atoms with van der Waals surface area (Å²) in [6, 6.07) is 13.9. The van der Waals surface area contributed by atoms with E-state index in [2.05, 4.69) is 43.5 Å². The molecule has 0 aromatic heterocycles. The Labute approximate surface area is 167 Å². The smallest absolute Gasteiger partial charge is 0.338 e. The highest BCUT2D eigenvalue weighted by Gasteiger charge is 2.19. The van der Waals surface area contributed by atoms with Crippen molar-refractivity contribution >= 4 is 29.0 Å². The molecule has 1 atom stereocenters. The molecular weight excluding hydrogens is 356 g/mol. The van der Waals surface area contributed by atoms with Crippen LogP contribution in [-0.4, -0.2) is 17.7 Å². The number of ether oxygens (including phenoxy) is 1. The number of carbonyl (C=O) groups is 1. The minimum absolute atomic E-state index is 0.116. The van der Waals surface area contributed by atoms with Crippen molar-refractivity contribution in [3.05, 3.63) is 64.7 Å². The summed E-state index contributed by atoms with van der Waals surface area (Å²) in [6.45, 7) is 10.6. The van der Waals surface area contributed by atoms with E-state index < -0.39 is 0 Å². The van der Waals surface area contributed by atoms with Crippen molar-refractivity contribution in [3.8, 4) is 0 Å². The molecule has 144 valence electrons. The van der Waals surface area contributed by atoms with Crippen LogP contribution in [0.4, 0.5) is 5.69 Å². The van der Waals surface area contributed by atoms with E-state index in [1.165, 1.54) is 11.1 Å². The van der Waals surface area contributed by atoms with Crippen molar-refractivity contribution in [1.82, 2.24) is 5.32 Å². The third-order valence-corrected chi connectivity index (χ3v) is 4.68. The SMILES string of the molecule is CCOC(=O)c1ccc(NC(=S)N[C@@H](c2ccccc2C)C(C)C)c(C)c1. The number of hydrogen-bond donors (Lipinski definition) is 2. The van der Waals surface area contributed by atoms with E-state index in [0.717, 1.165) is 11.3 Å². The topological polar surface area (TPSA) is 50.4 Å². The first-order valence-corrected chi connectivity index (χ1v) is 9.65. The van der Waals surface area contributed by atoms with Gasteiger partial charge in [0.05, 0.1) is 18.2 Å². The normalized spacial score (nSPS) is 11.8. The lowest BCUT2D eigenvalue weighted by atomic mass is 9.93. The van der Waals surface area contributed by atoms with Gasteiger partial charge >= 0.3 is 5.97 Å². The fourth-order valence-corrected chi connectivity index (χ4v) is 3.22. The second kappa shape index (κ2) is 9.51.